The van der Waals surface area contributed by atoms with E-state index in [9.17, 15) is 18.0 Å². The number of nitrogens with zero attached hydrogens (tertiary/aromatic N) is 5. The lowest BCUT2D eigenvalue weighted by Gasteiger charge is -2.09. The van der Waals surface area contributed by atoms with E-state index >= 15 is 0 Å². The molecule has 0 unspecified atom stereocenters. The predicted octanol–water partition coefficient (Wildman–Crippen LogP) is 1.63. The highest BCUT2D eigenvalue weighted by Gasteiger charge is 2.28. The Balaban J connectivity index is 1.58. The van der Waals surface area contributed by atoms with Crippen LogP contribution in [-0.2, 0) is 13.6 Å². The van der Waals surface area contributed by atoms with Gasteiger partial charge in [-0.3, -0.25) is 4.79 Å². The van der Waals surface area contributed by atoms with Crippen molar-refractivity contribution in [3.63, 3.8) is 0 Å². The number of halogens is 3. The highest BCUT2D eigenvalue weighted by molar-refractivity contribution is 5.96. The fraction of sp³-hybridized carbons (Fsp3) is 0.267. The Labute approximate surface area is 145 Å². The lowest BCUT2D eigenvalue weighted by molar-refractivity contribution is -0.154. The van der Waals surface area contributed by atoms with Crippen molar-refractivity contribution < 1.29 is 22.7 Å². The van der Waals surface area contributed by atoms with Crippen LogP contribution in [0.2, 0.25) is 0 Å². The number of fused-ring (bicyclic) bond motifs is 1. The number of aryl methyl sites for hydroxylation is 1. The second-order valence-corrected chi connectivity index (χ2v) is 5.37. The van der Waals surface area contributed by atoms with E-state index in [0.717, 1.165) is 0 Å². The molecular weight excluding hydrogens is 353 g/mol. The van der Waals surface area contributed by atoms with E-state index in [4.69, 9.17) is 0 Å². The number of alkyl halides is 3. The average Bonchev–Trinajstić information content (AvgIpc) is 2.98. The molecule has 0 atom stereocenters. The minimum Gasteiger partial charge on any atom is -0.468 e. The van der Waals surface area contributed by atoms with Gasteiger partial charge in [0.25, 0.3) is 5.91 Å². The number of aromatic nitrogens is 5. The molecule has 3 rings (SSSR count). The van der Waals surface area contributed by atoms with E-state index in [1.54, 1.807) is 13.1 Å². The molecule has 0 fully saturated rings. The average molecular weight is 366 g/mol. The summed E-state index contributed by atoms with van der Waals surface area (Å²) in [6.45, 7) is -1.27. The molecule has 3 aromatic heterocycles. The first kappa shape index (κ1) is 17.6. The van der Waals surface area contributed by atoms with Crippen molar-refractivity contribution in [1.29, 1.82) is 0 Å². The zero-order chi connectivity index (χ0) is 18.7. The number of amides is 1. The summed E-state index contributed by atoms with van der Waals surface area (Å²) in [4.78, 5) is 20.1. The van der Waals surface area contributed by atoms with Gasteiger partial charge >= 0.3 is 6.18 Å². The molecule has 26 heavy (non-hydrogen) atoms. The third-order valence-corrected chi connectivity index (χ3v) is 3.34. The van der Waals surface area contributed by atoms with Gasteiger partial charge in [0.15, 0.2) is 12.3 Å². The third-order valence-electron chi connectivity index (χ3n) is 3.34. The smallest absolute Gasteiger partial charge is 0.422 e. The topological polar surface area (TPSA) is 94.8 Å². The Morgan fingerprint density at radius 2 is 2.08 bits per heavy atom. The summed E-state index contributed by atoms with van der Waals surface area (Å²) in [6.07, 6.45) is -1.68. The van der Waals surface area contributed by atoms with Crippen molar-refractivity contribution in [1.82, 2.24) is 30.3 Å². The molecule has 11 heteroatoms. The molecule has 0 aliphatic carbocycles. The number of ether oxygens (including phenoxy) is 1. The van der Waals surface area contributed by atoms with Crippen LogP contribution < -0.4 is 10.1 Å². The summed E-state index contributed by atoms with van der Waals surface area (Å²) in [5, 5.41) is 10.4. The highest BCUT2D eigenvalue weighted by Crippen LogP contribution is 2.17. The fourth-order valence-electron chi connectivity index (χ4n) is 2.09. The monoisotopic (exact) mass is 366 g/mol. The van der Waals surface area contributed by atoms with E-state index in [2.05, 4.69) is 30.3 Å². The minimum absolute atomic E-state index is 0.143. The van der Waals surface area contributed by atoms with Crippen molar-refractivity contribution >= 4 is 17.1 Å². The molecule has 0 saturated carbocycles. The van der Waals surface area contributed by atoms with Gasteiger partial charge in [0.05, 0.1) is 5.56 Å². The van der Waals surface area contributed by atoms with E-state index < -0.39 is 12.8 Å². The van der Waals surface area contributed by atoms with Crippen molar-refractivity contribution in [3.05, 3.63) is 41.7 Å². The fourth-order valence-corrected chi connectivity index (χ4v) is 2.09. The van der Waals surface area contributed by atoms with Gasteiger partial charge in [-0.15, -0.1) is 5.10 Å². The Morgan fingerprint density at radius 1 is 1.27 bits per heavy atom. The molecule has 0 aliphatic rings. The maximum absolute atomic E-state index is 12.2. The summed E-state index contributed by atoms with van der Waals surface area (Å²) >= 11 is 0. The lowest BCUT2D eigenvalue weighted by Crippen LogP contribution is -2.23. The number of hydrogen-bond acceptors (Lipinski definition) is 6. The Kier molecular flexibility index (Phi) is 4.69. The van der Waals surface area contributed by atoms with Gasteiger partial charge in [-0.2, -0.15) is 13.2 Å². The first-order valence-electron chi connectivity index (χ1n) is 7.40. The molecule has 0 aliphatic heterocycles. The first-order chi connectivity index (χ1) is 12.3. The van der Waals surface area contributed by atoms with Crippen LogP contribution in [0, 0.1) is 0 Å². The quantitative estimate of drug-likeness (QED) is 0.738. The SMILES string of the molecule is Cn1nnc2cc(C(=O)NCc3ccc(OCC(F)(F)F)nc3)cnc21. The molecule has 0 radical (unpaired) electrons. The normalized spacial score (nSPS) is 11.5. The third kappa shape index (κ3) is 4.23. The summed E-state index contributed by atoms with van der Waals surface area (Å²) in [5.41, 5.74) is 1.97. The van der Waals surface area contributed by atoms with Gasteiger partial charge in [0.1, 0.15) is 5.52 Å². The van der Waals surface area contributed by atoms with Gasteiger partial charge < -0.3 is 10.1 Å². The Hall–Kier alpha value is -3.24. The largest absolute Gasteiger partial charge is 0.468 e. The van der Waals surface area contributed by atoms with Crippen molar-refractivity contribution in [2.75, 3.05) is 6.61 Å². The molecule has 3 aromatic rings. The Morgan fingerprint density at radius 3 is 2.77 bits per heavy atom. The van der Waals surface area contributed by atoms with Crippen LogP contribution in [0.15, 0.2) is 30.6 Å². The second-order valence-electron chi connectivity index (χ2n) is 5.37. The Bertz CT molecular complexity index is 923. The molecule has 136 valence electrons. The van der Waals surface area contributed by atoms with E-state index in [1.807, 2.05) is 0 Å². The van der Waals surface area contributed by atoms with Crippen LogP contribution in [0.4, 0.5) is 13.2 Å². The van der Waals surface area contributed by atoms with Crippen molar-refractivity contribution in [2.24, 2.45) is 7.05 Å². The number of rotatable bonds is 5. The molecule has 8 nitrogen and oxygen atoms in total. The molecule has 0 bridgehead atoms. The number of carbonyl (C=O) groups excluding carboxylic acids is 1. The van der Waals surface area contributed by atoms with Gasteiger partial charge in [-0.25, -0.2) is 14.6 Å². The van der Waals surface area contributed by atoms with Crippen LogP contribution in [-0.4, -0.2) is 43.7 Å². The van der Waals surface area contributed by atoms with Gasteiger partial charge in [-0.1, -0.05) is 11.3 Å². The zero-order valence-electron chi connectivity index (χ0n) is 13.5. The summed E-state index contributed by atoms with van der Waals surface area (Å²) < 4.78 is 42.2. The predicted molar refractivity (Wildman–Crippen MR) is 83.3 cm³/mol. The van der Waals surface area contributed by atoms with E-state index in [0.29, 0.717) is 22.3 Å². The van der Waals surface area contributed by atoms with Crippen LogP contribution in [0.3, 0.4) is 0 Å². The first-order valence-corrected chi connectivity index (χ1v) is 7.40. The minimum atomic E-state index is -4.42. The molecule has 0 spiro atoms. The molecule has 1 amide bonds. The van der Waals surface area contributed by atoms with Crippen LogP contribution in [0.1, 0.15) is 15.9 Å². The molecule has 0 aromatic carbocycles. The molecular formula is C15H13F3N6O2. The van der Waals surface area contributed by atoms with Crippen LogP contribution in [0.25, 0.3) is 11.2 Å². The maximum atomic E-state index is 12.2. The number of nitrogens with one attached hydrogen (secondary N) is 1. The summed E-state index contributed by atoms with van der Waals surface area (Å²) in [7, 11) is 1.69. The van der Waals surface area contributed by atoms with E-state index in [1.165, 1.54) is 29.2 Å². The van der Waals surface area contributed by atoms with Gasteiger partial charge in [-0.05, 0) is 11.6 Å². The molecule has 0 saturated heterocycles. The van der Waals surface area contributed by atoms with Crippen molar-refractivity contribution in [3.8, 4) is 5.88 Å². The standard InChI is InChI=1S/C15H13F3N6O2/c1-24-13-11(22-23-24)4-10(7-20-13)14(25)21-6-9-2-3-12(19-5-9)26-8-15(16,17)18/h2-5,7H,6,8H2,1H3,(H,21,25). The maximum Gasteiger partial charge on any atom is 0.422 e. The summed E-state index contributed by atoms with van der Waals surface area (Å²) in [6, 6.07) is 4.39. The van der Waals surface area contributed by atoms with Gasteiger partial charge in [0, 0.05) is 32.1 Å². The second kappa shape index (κ2) is 6.94. The molecule has 1 N–H and O–H groups in total. The lowest BCUT2D eigenvalue weighted by atomic mass is 10.2. The van der Waals surface area contributed by atoms with Crippen LogP contribution in [0.5, 0.6) is 5.88 Å². The molecule has 3 heterocycles. The number of hydrogen-bond donors (Lipinski definition) is 1. The number of carbonyl (C=O) groups is 1. The highest BCUT2D eigenvalue weighted by atomic mass is 19.4. The zero-order valence-corrected chi connectivity index (χ0v) is 13.5. The number of pyridine rings is 2. The van der Waals surface area contributed by atoms with Gasteiger partial charge in [0.2, 0.25) is 5.88 Å². The van der Waals surface area contributed by atoms with Crippen LogP contribution >= 0.6 is 0 Å². The van der Waals surface area contributed by atoms with E-state index in [-0.39, 0.29) is 18.3 Å². The van der Waals surface area contributed by atoms with Crippen molar-refractivity contribution in [2.45, 2.75) is 12.7 Å². The summed E-state index contributed by atoms with van der Waals surface area (Å²) in [5.74, 6) is -0.517.